The van der Waals surface area contributed by atoms with Crippen molar-refractivity contribution in [3.63, 3.8) is 0 Å². The van der Waals surface area contributed by atoms with Gasteiger partial charge in [0.2, 0.25) is 17.7 Å². The van der Waals surface area contributed by atoms with E-state index in [1.165, 1.54) is 11.3 Å². The number of β-amino-alcohol motifs (C(OH)–C–C–N with tert-alkyl or cyclic N) is 1. The number of nitrogens with zero attached hydrogens (tertiary/aromatic N) is 3. The molecule has 1 aromatic heterocycles. The number of nitrogens with one attached hydrogen (secondary N) is 4. The van der Waals surface area contributed by atoms with Crippen LogP contribution in [0.15, 0.2) is 79.0 Å². The Labute approximate surface area is 374 Å². The zero-order valence-corrected chi connectivity index (χ0v) is 37.0. The van der Waals surface area contributed by atoms with Crippen molar-refractivity contribution in [2.75, 3.05) is 19.7 Å². The Balaban J connectivity index is 0.000000380. The number of benzene rings is 2. The van der Waals surface area contributed by atoms with Crippen LogP contribution in [0, 0.1) is 11.8 Å². The lowest BCUT2D eigenvalue weighted by molar-refractivity contribution is -0.133. The highest BCUT2D eigenvalue weighted by molar-refractivity contribution is 5.99. The number of piperidine rings is 1. The zero-order chi connectivity index (χ0) is 46.0. The lowest BCUT2D eigenvalue weighted by Gasteiger charge is -2.47. The van der Waals surface area contributed by atoms with Crippen LogP contribution >= 0.6 is 0 Å². The Morgan fingerprint density at radius 3 is 2.36 bits per heavy atom. The van der Waals surface area contributed by atoms with Gasteiger partial charge in [-0.2, -0.15) is 0 Å². The van der Waals surface area contributed by atoms with Gasteiger partial charge in [0.25, 0.3) is 5.91 Å². The minimum atomic E-state index is -1.30. The van der Waals surface area contributed by atoms with E-state index >= 15 is 0 Å². The first-order valence-corrected chi connectivity index (χ1v) is 22.4. The molecule has 10 N–H and O–H groups in total. The average molecular weight is 884 g/mol. The van der Waals surface area contributed by atoms with E-state index in [4.69, 9.17) is 21.3 Å². The third-order valence-corrected chi connectivity index (χ3v) is 12.3. The zero-order valence-electron chi connectivity index (χ0n) is 37.0. The molecule has 0 bridgehead atoms. The molecule has 1 saturated carbocycles. The van der Waals surface area contributed by atoms with E-state index in [-0.39, 0.29) is 49.5 Å². The molecule has 17 nitrogen and oxygen atoms in total. The summed E-state index contributed by atoms with van der Waals surface area (Å²) in [5.41, 5.74) is 12.2. The summed E-state index contributed by atoms with van der Waals surface area (Å²) >= 11 is 0. The highest BCUT2D eigenvalue weighted by Crippen LogP contribution is 2.39. The quantitative estimate of drug-likeness (QED) is 0.117. The maximum atomic E-state index is 13.8. The van der Waals surface area contributed by atoms with Gasteiger partial charge < -0.3 is 47.7 Å². The molecule has 346 valence electrons. The maximum Gasteiger partial charge on any atom is 0.325 e. The summed E-state index contributed by atoms with van der Waals surface area (Å²) in [6.07, 6.45) is 7.98. The SMILES string of the molecule is CC(C)(C)NC(=O)[C@@H]1C[C@@H]2CCCC[C@@H]2CN1C[C@@H](O)[C@H](Cc1ccccc1)NC(=O)C(CC(N)=O)NC(=O)c1ccc2ccccc2n1.NC1C=CN([C@H]2CC[C@@H](CO)O2)C(=O)N1. The fraction of sp³-hybridized carbons (Fsp3) is 0.532. The van der Waals surface area contributed by atoms with Gasteiger partial charge >= 0.3 is 6.03 Å². The molecule has 64 heavy (non-hydrogen) atoms. The van der Waals surface area contributed by atoms with Crippen molar-refractivity contribution in [3.05, 3.63) is 90.3 Å². The van der Waals surface area contributed by atoms with Crippen molar-refractivity contribution in [1.82, 2.24) is 36.1 Å². The second-order valence-corrected chi connectivity index (χ2v) is 18.4. The molecule has 3 aromatic rings. The first-order valence-electron chi connectivity index (χ1n) is 22.4. The second-order valence-electron chi connectivity index (χ2n) is 18.4. The van der Waals surface area contributed by atoms with E-state index in [1.54, 1.807) is 30.5 Å². The number of likely N-dealkylation sites (tertiary alicyclic amines) is 1. The van der Waals surface area contributed by atoms with Crippen LogP contribution in [0.25, 0.3) is 10.9 Å². The minimum absolute atomic E-state index is 0.00477. The number of para-hydroxylation sites is 1. The Morgan fingerprint density at radius 1 is 0.953 bits per heavy atom. The van der Waals surface area contributed by atoms with E-state index in [9.17, 15) is 29.1 Å². The summed E-state index contributed by atoms with van der Waals surface area (Å²) < 4.78 is 5.48. The number of primary amides is 1. The number of aliphatic hydroxyl groups is 2. The molecule has 9 atom stereocenters. The summed E-state index contributed by atoms with van der Waals surface area (Å²) in [6.45, 7) is 6.72. The first kappa shape index (κ1) is 48.0. The topological polar surface area (TPSA) is 255 Å². The monoisotopic (exact) mass is 883 g/mol. The molecule has 2 saturated heterocycles. The van der Waals surface area contributed by atoms with Gasteiger partial charge in [-0.05, 0) is 88.5 Å². The smallest absolute Gasteiger partial charge is 0.325 e. The van der Waals surface area contributed by atoms with Gasteiger partial charge in [0.05, 0.1) is 49.0 Å². The Hall–Kier alpha value is -5.46. The van der Waals surface area contributed by atoms with E-state index in [1.807, 2.05) is 69.3 Å². The summed E-state index contributed by atoms with van der Waals surface area (Å²) in [7, 11) is 0. The number of nitrogens with two attached hydrogens (primary N) is 2. The van der Waals surface area contributed by atoms with Crippen LogP contribution in [0.4, 0.5) is 4.79 Å². The Morgan fingerprint density at radius 2 is 1.67 bits per heavy atom. The predicted molar refractivity (Wildman–Crippen MR) is 241 cm³/mol. The normalized spacial score (nSPS) is 24.8. The number of fused-ring (bicyclic) bond motifs is 2. The van der Waals surface area contributed by atoms with E-state index in [2.05, 4.69) is 31.2 Å². The van der Waals surface area contributed by atoms with Crippen molar-refractivity contribution in [1.29, 1.82) is 0 Å². The molecule has 4 aliphatic rings. The van der Waals surface area contributed by atoms with E-state index in [0.717, 1.165) is 49.5 Å². The lowest BCUT2D eigenvalue weighted by Crippen LogP contribution is -2.61. The molecule has 0 spiro atoms. The molecular formula is C47H65N9O8. The first-order chi connectivity index (χ1) is 30.6. The number of ether oxygens (including phenoxy) is 1. The molecule has 6 amide bonds. The summed E-state index contributed by atoms with van der Waals surface area (Å²) in [5.74, 6) is -1.20. The summed E-state index contributed by atoms with van der Waals surface area (Å²) in [6, 6.07) is 17.4. The number of rotatable bonds is 14. The minimum Gasteiger partial charge on any atom is -0.394 e. The van der Waals surface area contributed by atoms with Gasteiger partial charge in [-0.3, -0.25) is 29.0 Å². The standard InChI is InChI=1S/C38H50N6O5.C9H15N3O3/c1-38(2,3)43-37(49)32-20-26-14-7-8-15-27(26)22-44(32)23-33(45)30(19-24-11-5-4-6-12-24)41-36(48)31(21-34(39)46)42-35(47)29-18-17-25-13-9-10-16-28(25)40-29;10-7-3-4-12(9(14)11-7)8-2-1-6(5-13)15-8/h4-6,9-13,16-18,26-27,30-33,45H,7-8,14-15,19-23H2,1-3H3,(H2,39,46)(H,41,48)(H,42,47)(H,43,49);3-4,6-8,13H,1-2,5,10H2,(H,11,14)/t26-,27+,30-,31?,32-,33+;6-,7?,8+/m00/s1. The highest BCUT2D eigenvalue weighted by atomic mass is 16.5. The molecule has 0 radical (unpaired) electrons. The van der Waals surface area contributed by atoms with Crippen LogP contribution in [-0.4, -0.2) is 123 Å². The van der Waals surface area contributed by atoms with Gasteiger partial charge in [-0.15, -0.1) is 0 Å². The van der Waals surface area contributed by atoms with Gasteiger partial charge in [0.15, 0.2) is 0 Å². The number of pyridine rings is 1. The number of urea groups is 1. The van der Waals surface area contributed by atoms with Gasteiger partial charge in [-0.1, -0.05) is 73.9 Å². The van der Waals surface area contributed by atoms with Crippen molar-refractivity contribution in [3.8, 4) is 0 Å². The molecule has 17 heteroatoms. The molecule has 3 aliphatic heterocycles. The number of aromatic nitrogens is 1. The van der Waals surface area contributed by atoms with Crippen LogP contribution in [0.3, 0.4) is 0 Å². The van der Waals surface area contributed by atoms with Crippen molar-refractivity contribution < 1.29 is 38.9 Å². The van der Waals surface area contributed by atoms with Crippen LogP contribution in [-0.2, 0) is 25.5 Å². The molecule has 2 unspecified atom stereocenters. The summed E-state index contributed by atoms with van der Waals surface area (Å²) in [4.78, 5) is 72.3. The van der Waals surface area contributed by atoms with Crippen LogP contribution in [0.1, 0.15) is 88.2 Å². The number of carbonyl (C=O) groups excluding carboxylic acids is 5. The Bertz CT molecular complexity index is 2120. The Kier molecular flexibility index (Phi) is 16.5. The van der Waals surface area contributed by atoms with Crippen LogP contribution in [0.2, 0.25) is 0 Å². The molecule has 7 rings (SSSR count). The van der Waals surface area contributed by atoms with Crippen LogP contribution < -0.4 is 32.7 Å². The average Bonchev–Trinajstić information content (AvgIpc) is 3.74. The number of hydrogen-bond acceptors (Lipinski definition) is 11. The van der Waals surface area contributed by atoms with E-state index < -0.39 is 60.1 Å². The van der Waals surface area contributed by atoms with Gasteiger partial charge in [0, 0.05) is 30.2 Å². The molecular weight excluding hydrogens is 819 g/mol. The molecule has 3 fully saturated rings. The largest absolute Gasteiger partial charge is 0.394 e. The van der Waals surface area contributed by atoms with Crippen LogP contribution in [0.5, 0.6) is 0 Å². The number of amides is 6. The van der Waals surface area contributed by atoms with Gasteiger partial charge in [0.1, 0.15) is 18.0 Å². The predicted octanol–water partition coefficient (Wildman–Crippen LogP) is 2.40. The number of aliphatic hydroxyl groups excluding tert-OH is 2. The maximum absolute atomic E-state index is 13.8. The lowest BCUT2D eigenvalue weighted by atomic mass is 9.72. The molecule has 1 aliphatic carbocycles. The third-order valence-electron chi connectivity index (χ3n) is 12.3. The van der Waals surface area contributed by atoms with E-state index in [0.29, 0.717) is 23.9 Å². The van der Waals surface area contributed by atoms with Crippen molar-refractivity contribution in [2.24, 2.45) is 23.3 Å². The fourth-order valence-corrected chi connectivity index (χ4v) is 9.04. The molecule has 4 heterocycles. The van der Waals surface area contributed by atoms with Crippen molar-refractivity contribution >= 4 is 40.6 Å². The number of hydrogen-bond donors (Lipinski definition) is 8. The van der Waals surface area contributed by atoms with Gasteiger partial charge in [-0.25, -0.2) is 9.78 Å². The molecule has 2 aromatic carbocycles. The van der Waals surface area contributed by atoms with Crippen molar-refractivity contribution in [2.45, 2.75) is 127 Å². The number of carbonyl (C=O) groups is 5. The summed E-state index contributed by atoms with van der Waals surface area (Å²) in [5, 5.41) is 32.9. The highest BCUT2D eigenvalue weighted by Gasteiger charge is 2.42. The fourth-order valence-electron chi connectivity index (χ4n) is 9.04. The third kappa shape index (κ3) is 13.3. The second kappa shape index (κ2) is 22.0.